The van der Waals surface area contributed by atoms with Crippen LogP contribution >= 0.6 is 0 Å². The zero-order valence-corrected chi connectivity index (χ0v) is 11.4. The Morgan fingerprint density at radius 2 is 1.60 bits per heavy atom. The Balaban J connectivity index is 2.54. The Morgan fingerprint density at radius 1 is 0.900 bits per heavy atom. The van der Waals surface area contributed by atoms with Crippen LogP contribution < -0.4 is 0 Å². The van der Waals surface area contributed by atoms with Gasteiger partial charge in [-0.05, 0) is 27.6 Å². The summed E-state index contributed by atoms with van der Waals surface area (Å²) in [5.41, 5.74) is 0.427. The van der Waals surface area contributed by atoms with E-state index in [1.807, 2.05) is 36.4 Å². The van der Waals surface area contributed by atoms with Crippen molar-refractivity contribution in [1.29, 1.82) is 0 Å². The Hall–Kier alpha value is -2.17. The van der Waals surface area contributed by atoms with Gasteiger partial charge in [0.2, 0.25) is 0 Å². The molecule has 0 fully saturated rings. The minimum Gasteiger partial charge on any atom is -0.282 e. The molecule has 0 amide bonds. The van der Waals surface area contributed by atoms with Gasteiger partial charge in [-0.15, -0.1) is 0 Å². The van der Waals surface area contributed by atoms with E-state index in [0.717, 1.165) is 21.5 Å². The maximum Gasteiger partial charge on any atom is 0.295 e. The zero-order valence-electron chi connectivity index (χ0n) is 10.6. The fourth-order valence-electron chi connectivity index (χ4n) is 2.53. The second-order valence-electron chi connectivity index (χ2n) is 4.54. The van der Waals surface area contributed by atoms with Gasteiger partial charge in [-0.2, -0.15) is 8.42 Å². The first-order valence-corrected chi connectivity index (χ1v) is 7.51. The first-order valence-electron chi connectivity index (χ1n) is 6.07. The number of rotatable bonds is 2. The molecule has 0 saturated heterocycles. The van der Waals surface area contributed by atoms with Gasteiger partial charge in [0.05, 0.1) is 0 Å². The van der Waals surface area contributed by atoms with Gasteiger partial charge in [0.25, 0.3) is 10.1 Å². The van der Waals surface area contributed by atoms with Crippen LogP contribution in [0.4, 0.5) is 0 Å². The maximum absolute atomic E-state index is 11.4. The fourth-order valence-corrected chi connectivity index (χ4v) is 3.24. The Morgan fingerprint density at radius 3 is 2.30 bits per heavy atom. The molecule has 1 N–H and O–H groups in total. The first kappa shape index (κ1) is 12.8. The second-order valence-corrected chi connectivity index (χ2v) is 5.93. The van der Waals surface area contributed by atoms with E-state index in [4.69, 9.17) is 0 Å². The van der Waals surface area contributed by atoms with E-state index in [1.54, 1.807) is 6.07 Å². The van der Waals surface area contributed by atoms with E-state index in [0.29, 0.717) is 5.56 Å². The largest absolute Gasteiger partial charge is 0.295 e. The smallest absolute Gasteiger partial charge is 0.282 e. The molecule has 3 rings (SSSR count). The average Bonchev–Trinajstić information content (AvgIpc) is 2.44. The second kappa shape index (κ2) is 4.44. The van der Waals surface area contributed by atoms with Gasteiger partial charge in [-0.1, -0.05) is 55.1 Å². The van der Waals surface area contributed by atoms with E-state index >= 15 is 0 Å². The molecule has 0 aliphatic rings. The molecule has 0 spiro atoms. The van der Waals surface area contributed by atoms with Crippen LogP contribution in [0, 0.1) is 0 Å². The Bertz CT molecular complexity index is 941. The average molecular weight is 284 g/mol. The van der Waals surface area contributed by atoms with Crippen molar-refractivity contribution >= 4 is 37.7 Å². The van der Waals surface area contributed by atoms with Crippen molar-refractivity contribution in [2.75, 3.05) is 0 Å². The van der Waals surface area contributed by atoms with Crippen LogP contribution in [-0.4, -0.2) is 13.0 Å². The molecule has 0 aliphatic carbocycles. The van der Waals surface area contributed by atoms with Crippen molar-refractivity contribution in [3.8, 4) is 0 Å². The molecule has 100 valence electrons. The number of hydrogen-bond donors (Lipinski definition) is 1. The molecule has 3 aromatic carbocycles. The van der Waals surface area contributed by atoms with Crippen molar-refractivity contribution in [3.63, 3.8) is 0 Å². The Kier molecular flexibility index (Phi) is 2.85. The van der Waals surface area contributed by atoms with Gasteiger partial charge in [0, 0.05) is 5.56 Å². The lowest BCUT2D eigenvalue weighted by atomic mass is 9.98. The summed E-state index contributed by atoms with van der Waals surface area (Å²) in [7, 11) is -4.26. The summed E-state index contributed by atoms with van der Waals surface area (Å²) in [4.78, 5) is -0.115. The molecule has 0 radical (unpaired) electrons. The lowest BCUT2D eigenvalue weighted by Gasteiger charge is -2.10. The van der Waals surface area contributed by atoms with E-state index in [2.05, 4.69) is 6.58 Å². The number of benzene rings is 3. The Labute approximate surface area is 116 Å². The molecule has 20 heavy (non-hydrogen) atoms. The highest BCUT2D eigenvalue weighted by Crippen LogP contribution is 2.31. The van der Waals surface area contributed by atoms with Crippen LogP contribution in [0.2, 0.25) is 0 Å². The van der Waals surface area contributed by atoms with Crippen LogP contribution in [0.3, 0.4) is 0 Å². The molecule has 0 aromatic heterocycles. The zero-order chi connectivity index (χ0) is 14.3. The molecule has 0 unspecified atom stereocenters. The quantitative estimate of drug-likeness (QED) is 0.574. The lowest BCUT2D eigenvalue weighted by Crippen LogP contribution is -2.01. The molecule has 4 heteroatoms. The van der Waals surface area contributed by atoms with Crippen molar-refractivity contribution in [2.45, 2.75) is 4.90 Å². The molecular formula is C16H12O3S. The van der Waals surface area contributed by atoms with Crippen molar-refractivity contribution < 1.29 is 13.0 Å². The van der Waals surface area contributed by atoms with Crippen LogP contribution in [0.5, 0.6) is 0 Å². The van der Waals surface area contributed by atoms with Crippen LogP contribution in [0.1, 0.15) is 5.56 Å². The summed E-state index contributed by atoms with van der Waals surface area (Å²) in [5, 5.41) is 3.81. The van der Waals surface area contributed by atoms with Gasteiger partial charge in [0.1, 0.15) is 4.90 Å². The first-order chi connectivity index (χ1) is 9.52. The van der Waals surface area contributed by atoms with Crippen LogP contribution in [0.15, 0.2) is 60.0 Å². The lowest BCUT2D eigenvalue weighted by molar-refractivity contribution is 0.483. The normalized spacial score (nSPS) is 11.8. The minimum atomic E-state index is -4.26. The molecule has 0 aliphatic heterocycles. The van der Waals surface area contributed by atoms with Crippen molar-refractivity contribution in [3.05, 3.63) is 60.7 Å². The third-order valence-corrected chi connectivity index (χ3v) is 4.32. The maximum atomic E-state index is 11.4. The van der Waals surface area contributed by atoms with Gasteiger partial charge in [0.15, 0.2) is 0 Å². The molecule has 0 atom stereocenters. The third-order valence-electron chi connectivity index (χ3n) is 3.41. The predicted octanol–water partition coefficient (Wildman–Crippen LogP) is 3.88. The molecular weight excluding hydrogens is 272 g/mol. The molecule has 0 saturated carbocycles. The summed E-state index contributed by atoms with van der Waals surface area (Å²) < 4.78 is 32.2. The molecule has 3 aromatic rings. The highest BCUT2D eigenvalue weighted by molar-refractivity contribution is 7.86. The van der Waals surface area contributed by atoms with Crippen molar-refractivity contribution in [1.82, 2.24) is 0 Å². The number of hydrogen-bond acceptors (Lipinski definition) is 2. The summed E-state index contributed by atoms with van der Waals surface area (Å²) in [5.74, 6) is 0. The summed E-state index contributed by atoms with van der Waals surface area (Å²) >= 11 is 0. The topological polar surface area (TPSA) is 54.4 Å². The van der Waals surface area contributed by atoms with Crippen LogP contribution in [0.25, 0.3) is 27.6 Å². The third kappa shape index (κ3) is 1.90. The molecule has 0 heterocycles. The monoisotopic (exact) mass is 284 g/mol. The summed E-state index contributed by atoms with van der Waals surface area (Å²) in [6.07, 6.45) is 1.46. The predicted molar refractivity (Wildman–Crippen MR) is 81.4 cm³/mol. The van der Waals surface area contributed by atoms with Crippen molar-refractivity contribution in [2.24, 2.45) is 0 Å². The van der Waals surface area contributed by atoms with E-state index in [9.17, 15) is 13.0 Å². The van der Waals surface area contributed by atoms with Gasteiger partial charge < -0.3 is 0 Å². The minimum absolute atomic E-state index is 0.115. The van der Waals surface area contributed by atoms with Gasteiger partial charge in [-0.25, -0.2) is 0 Å². The van der Waals surface area contributed by atoms with Gasteiger partial charge in [-0.3, -0.25) is 4.55 Å². The highest BCUT2D eigenvalue weighted by Gasteiger charge is 2.16. The summed E-state index contributed by atoms with van der Waals surface area (Å²) in [6.45, 7) is 3.66. The van der Waals surface area contributed by atoms with Gasteiger partial charge >= 0.3 is 0 Å². The molecule has 0 bridgehead atoms. The standard InChI is InChI=1S/C16H12O3S/c1-2-12-14-8-7-11-5-3-4-6-13(11)15(14)9-10-16(12)20(17,18)19/h2-10H,1H2,(H,17,18,19). The highest BCUT2D eigenvalue weighted by atomic mass is 32.2. The fraction of sp³-hybridized carbons (Fsp3) is 0. The van der Waals surface area contributed by atoms with E-state index in [1.165, 1.54) is 12.1 Å². The molecule has 3 nitrogen and oxygen atoms in total. The van der Waals surface area contributed by atoms with E-state index < -0.39 is 10.1 Å². The summed E-state index contributed by atoms with van der Waals surface area (Å²) in [6, 6.07) is 14.8. The number of fused-ring (bicyclic) bond motifs is 3. The van der Waals surface area contributed by atoms with Crippen LogP contribution in [-0.2, 0) is 10.1 Å². The van der Waals surface area contributed by atoms with E-state index in [-0.39, 0.29) is 4.90 Å². The SMILES string of the molecule is C=Cc1c(S(=O)(=O)O)ccc2c1ccc1ccccc12.